The van der Waals surface area contributed by atoms with Crippen molar-refractivity contribution in [3.63, 3.8) is 0 Å². The molecule has 0 aromatic heterocycles. The van der Waals surface area contributed by atoms with Crippen LogP contribution in [0.2, 0.25) is 0 Å². The van der Waals surface area contributed by atoms with Crippen LogP contribution in [0.1, 0.15) is 6.92 Å². The molecule has 7 nitrogen and oxygen atoms in total. The van der Waals surface area contributed by atoms with Crippen LogP contribution in [-0.2, 0) is 23.9 Å². The number of methoxy groups -OCH3 is 1. The third-order valence-corrected chi connectivity index (χ3v) is 2.33. The molecule has 0 aliphatic carbocycles. The highest BCUT2D eigenvalue weighted by Gasteiger charge is 2.36. The largest absolute Gasteiger partial charge is 0.464 e. The van der Waals surface area contributed by atoms with Gasteiger partial charge in [0.2, 0.25) is 0 Å². The van der Waals surface area contributed by atoms with E-state index in [1.165, 1.54) is 12.0 Å². The Bertz CT molecular complexity index is 318. The Morgan fingerprint density at radius 1 is 1.53 bits per heavy atom. The van der Waals surface area contributed by atoms with Crippen LogP contribution < -0.4 is 5.32 Å². The van der Waals surface area contributed by atoms with Gasteiger partial charge in [-0.25, -0.2) is 4.79 Å². The van der Waals surface area contributed by atoms with Crippen molar-refractivity contribution < 1.29 is 23.9 Å². The van der Waals surface area contributed by atoms with Crippen LogP contribution in [0.3, 0.4) is 0 Å². The fourth-order valence-electron chi connectivity index (χ4n) is 1.48. The fourth-order valence-corrected chi connectivity index (χ4v) is 1.48. The van der Waals surface area contributed by atoms with Gasteiger partial charge in [0.05, 0.1) is 19.8 Å². The number of hydrogen-bond donors (Lipinski definition) is 1. The van der Waals surface area contributed by atoms with Crippen LogP contribution >= 0.6 is 0 Å². The predicted molar refractivity (Wildman–Crippen MR) is 57.0 cm³/mol. The Kier molecular flexibility index (Phi) is 4.89. The van der Waals surface area contributed by atoms with E-state index in [0.717, 1.165) is 0 Å². The molecule has 0 aromatic rings. The van der Waals surface area contributed by atoms with Gasteiger partial charge in [-0.1, -0.05) is 0 Å². The van der Waals surface area contributed by atoms with E-state index < -0.39 is 23.8 Å². The number of rotatable bonds is 5. The third kappa shape index (κ3) is 3.42. The molecule has 1 heterocycles. The van der Waals surface area contributed by atoms with E-state index in [4.69, 9.17) is 9.47 Å². The van der Waals surface area contributed by atoms with Crippen molar-refractivity contribution in [1.29, 1.82) is 0 Å². The van der Waals surface area contributed by atoms with Crippen molar-refractivity contribution in [1.82, 2.24) is 10.2 Å². The minimum atomic E-state index is -0.794. The molecular weight excluding hydrogens is 228 g/mol. The van der Waals surface area contributed by atoms with Gasteiger partial charge in [-0.2, -0.15) is 0 Å². The third-order valence-electron chi connectivity index (χ3n) is 2.33. The number of nitrogens with one attached hydrogen (secondary N) is 1. The second-order valence-corrected chi connectivity index (χ2v) is 3.52. The highest BCUT2D eigenvalue weighted by Crippen LogP contribution is 2.03. The van der Waals surface area contributed by atoms with Crippen molar-refractivity contribution in [2.45, 2.75) is 13.0 Å². The molecule has 0 radical (unpaired) electrons. The highest BCUT2D eigenvalue weighted by molar-refractivity contribution is 6.36. The van der Waals surface area contributed by atoms with Crippen molar-refractivity contribution >= 4 is 17.8 Å². The number of ether oxygens (including phenoxy) is 2. The lowest BCUT2D eigenvalue weighted by Crippen LogP contribution is -2.61. The number of hydrogen-bond acceptors (Lipinski definition) is 5. The number of nitrogens with zero attached hydrogens (tertiary/aromatic N) is 1. The quantitative estimate of drug-likeness (QED) is 0.471. The summed E-state index contributed by atoms with van der Waals surface area (Å²) < 4.78 is 9.62. The maximum atomic E-state index is 11.5. The molecule has 0 unspecified atom stereocenters. The summed E-state index contributed by atoms with van der Waals surface area (Å²) in [7, 11) is 1.50. The fraction of sp³-hybridized carbons (Fsp3) is 0.700. The standard InChI is InChI=1S/C10H16N2O5/c1-3-17-10(15)7-6-12(4-5-16-2)9(14)8(13)11-7/h7H,3-6H2,1-2H3,(H,11,13)/t7-/m0/s1. The van der Waals surface area contributed by atoms with E-state index in [0.29, 0.717) is 6.61 Å². The van der Waals surface area contributed by atoms with Gasteiger partial charge in [0, 0.05) is 13.7 Å². The van der Waals surface area contributed by atoms with E-state index in [-0.39, 0.29) is 19.7 Å². The molecule has 0 spiro atoms. The van der Waals surface area contributed by atoms with Crippen LogP contribution in [-0.4, -0.2) is 62.1 Å². The van der Waals surface area contributed by atoms with Gasteiger partial charge < -0.3 is 19.7 Å². The summed E-state index contributed by atoms with van der Waals surface area (Å²) in [4.78, 5) is 35.5. The topological polar surface area (TPSA) is 84.9 Å². The number of piperazine rings is 1. The smallest absolute Gasteiger partial charge is 0.330 e. The van der Waals surface area contributed by atoms with Crippen LogP contribution in [0.25, 0.3) is 0 Å². The molecule has 0 saturated carbocycles. The lowest BCUT2D eigenvalue weighted by atomic mass is 10.2. The van der Waals surface area contributed by atoms with Gasteiger partial charge in [0.1, 0.15) is 6.04 Å². The first kappa shape index (κ1) is 13.4. The molecule has 1 rings (SSSR count). The van der Waals surface area contributed by atoms with Gasteiger partial charge in [-0.15, -0.1) is 0 Å². The molecule has 1 fully saturated rings. The van der Waals surface area contributed by atoms with Crippen molar-refractivity contribution in [3.05, 3.63) is 0 Å². The van der Waals surface area contributed by atoms with E-state index in [2.05, 4.69) is 5.32 Å². The maximum Gasteiger partial charge on any atom is 0.330 e. The molecule has 1 aliphatic heterocycles. The summed E-state index contributed by atoms with van der Waals surface area (Å²) in [5.41, 5.74) is 0. The number of carbonyl (C=O) groups excluding carboxylic acids is 3. The molecule has 1 aliphatic rings. The molecule has 7 heteroatoms. The molecule has 2 amide bonds. The lowest BCUT2D eigenvalue weighted by molar-refractivity contribution is -0.156. The summed E-state index contributed by atoms with van der Waals surface area (Å²) in [5.74, 6) is -1.97. The molecular formula is C10H16N2O5. The Hall–Kier alpha value is -1.63. The second-order valence-electron chi connectivity index (χ2n) is 3.52. The minimum absolute atomic E-state index is 0.118. The molecule has 0 bridgehead atoms. The van der Waals surface area contributed by atoms with Crippen LogP contribution in [0.15, 0.2) is 0 Å². The first-order chi connectivity index (χ1) is 8.10. The molecule has 96 valence electrons. The van der Waals surface area contributed by atoms with E-state index in [9.17, 15) is 14.4 Å². The van der Waals surface area contributed by atoms with Gasteiger partial charge in [0.25, 0.3) is 0 Å². The predicted octanol–water partition coefficient (Wildman–Crippen LogP) is -1.48. The molecule has 0 aromatic carbocycles. The van der Waals surface area contributed by atoms with Crippen molar-refractivity contribution in [2.75, 3.05) is 33.4 Å². The summed E-state index contributed by atoms with van der Waals surface area (Å²) in [5, 5.41) is 2.31. The number of amides is 2. The molecule has 1 saturated heterocycles. The van der Waals surface area contributed by atoms with Crippen LogP contribution in [0, 0.1) is 0 Å². The first-order valence-electron chi connectivity index (χ1n) is 5.35. The van der Waals surface area contributed by atoms with Gasteiger partial charge in [0.15, 0.2) is 0 Å². The molecule has 17 heavy (non-hydrogen) atoms. The summed E-state index contributed by atoms with van der Waals surface area (Å²) in [6.45, 7) is 2.62. The lowest BCUT2D eigenvalue weighted by Gasteiger charge is -2.31. The van der Waals surface area contributed by atoms with E-state index in [1.807, 2.05) is 0 Å². The first-order valence-corrected chi connectivity index (χ1v) is 5.35. The monoisotopic (exact) mass is 244 g/mol. The van der Waals surface area contributed by atoms with Crippen molar-refractivity contribution in [2.24, 2.45) is 0 Å². The molecule has 1 N–H and O–H groups in total. The second kappa shape index (κ2) is 6.19. The maximum absolute atomic E-state index is 11.5. The van der Waals surface area contributed by atoms with Crippen LogP contribution in [0.5, 0.6) is 0 Å². The Labute approximate surface area is 99.0 Å². The normalized spacial score (nSPS) is 20.1. The summed E-state index contributed by atoms with van der Waals surface area (Å²) in [6, 6.07) is -0.794. The van der Waals surface area contributed by atoms with Gasteiger partial charge >= 0.3 is 17.8 Å². The Balaban J connectivity index is 2.63. The molecule has 1 atom stereocenters. The van der Waals surface area contributed by atoms with Gasteiger partial charge in [-0.05, 0) is 6.92 Å². The zero-order valence-corrected chi connectivity index (χ0v) is 9.89. The number of esters is 1. The zero-order chi connectivity index (χ0) is 12.8. The number of carbonyl (C=O) groups is 3. The highest BCUT2D eigenvalue weighted by atomic mass is 16.5. The van der Waals surface area contributed by atoms with Crippen molar-refractivity contribution in [3.8, 4) is 0 Å². The van der Waals surface area contributed by atoms with Gasteiger partial charge in [-0.3, -0.25) is 9.59 Å². The van der Waals surface area contributed by atoms with Crippen LogP contribution in [0.4, 0.5) is 0 Å². The minimum Gasteiger partial charge on any atom is -0.464 e. The Morgan fingerprint density at radius 2 is 2.24 bits per heavy atom. The summed E-state index contributed by atoms with van der Waals surface area (Å²) >= 11 is 0. The average Bonchev–Trinajstić information content (AvgIpc) is 2.31. The van der Waals surface area contributed by atoms with E-state index >= 15 is 0 Å². The summed E-state index contributed by atoms with van der Waals surface area (Å²) in [6.07, 6.45) is 0. The SMILES string of the molecule is CCOC(=O)[C@@H]1CN(CCOC)C(=O)C(=O)N1. The van der Waals surface area contributed by atoms with E-state index in [1.54, 1.807) is 6.92 Å². The zero-order valence-electron chi connectivity index (χ0n) is 9.89. The Morgan fingerprint density at radius 3 is 2.82 bits per heavy atom. The average molecular weight is 244 g/mol.